The van der Waals surface area contributed by atoms with Gasteiger partial charge in [-0.25, -0.2) is 0 Å². The van der Waals surface area contributed by atoms with E-state index in [0.29, 0.717) is 0 Å². The molecule has 16 heavy (non-hydrogen) atoms. The maximum Gasteiger partial charge on any atom is 0.276 e. The number of nitrogens with zero attached hydrogens (tertiary/aromatic N) is 1. The third-order valence-corrected chi connectivity index (χ3v) is 3.04. The number of nitro benzene ring substituents is 1. The summed E-state index contributed by atoms with van der Waals surface area (Å²) < 4.78 is 0. The van der Waals surface area contributed by atoms with E-state index in [1.165, 1.54) is 18.2 Å². The van der Waals surface area contributed by atoms with Gasteiger partial charge in [-0.05, 0) is 6.07 Å². The van der Waals surface area contributed by atoms with E-state index in [9.17, 15) is 20.3 Å². The van der Waals surface area contributed by atoms with Crippen LogP contribution in [-0.4, -0.2) is 26.6 Å². The van der Waals surface area contributed by atoms with E-state index in [1.54, 1.807) is 0 Å². The molecule has 2 atom stereocenters. The highest BCUT2D eigenvalue weighted by Crippen LogP contribution is 2.33. The molecule has 0 bridgehead atoms. The van der Waals surface area contributed by atoms with Crippen molar-refractivity contribution in [2.75, 3.05) is 5.33 Å². The minimum atomic E-state index is -1.39. The molecule has 7 heteroatoms. The molecular weight excluding hydrogens is 301 g/mol. The SMILES string of the molecule is O=[N+]([O-])c1cccc(Cl)c1C(O)C(O)CBr. The molecule has 0 saturated carbocycles. The fourth-order valence-electron chi connectivity index (χ4n) is 1.25. The molecule has 0 saturated heterocycles. The molecule has 88 valence electrons. The number of rotatable bonds is 4. The summed E-state index contributed by atoms with van der Waals surface area (Å²) >= 11 is 8.75. The first-order valence-electron chi connectivity index (χ1n) is 4.34. The van der Waals surface area contributed by atoms with Crippen molar-refractivity contribution in [3.63, 3.8) is 0 Å². The lowest BCUT2D eigenvalue weighted by molar-refractivity contribution is -0.386. The summed E-state index contributed by atoms with van der Waals surface area (Å²) in [4.78, 5) is 10.1. The third-order valence-electron chi connectivity index (χ3n) is 2.04. The summed E-state index contributed by atoms with van der Waals surface area (Å²) in [6, 6.07) is 4.07. The maximum atomic E-state index is 10.7. The smallest absolute Gasteiger partial charge is 0.276 e. The van der Waals surface area contributed by atoms with Gasteiger partial charge in [-0.15, -0.1) is 0 Å². The van der Waals surface area contributed by atoms with Crippen molar-refractivity contribution in [1.29, 1.82) is 0 Å². The topological polar surface area (TPSA) is 83.6 Å². The largest absolute Gasteiger partial charge is 0.389 e. The fraction of sp³-hybridized carbons (Fsp3) is 0.333. The van der Waals surface area contributed by atoms with Crippen LogP contribution >= 0.6 is 27.5 Å². The van der Waals surface area contributed by atoms with Crippen molar-refractivity contribution >= 4 is 33.2 Å². The van der Waals surface area contributed by atoms with Crippen LogP contribution in [0.4, 0.5) is 5.69 Å². The predicted molar refractivity (Wildman–Crippen MR) is 62.9 cm³/mol. The molecule has 0 aliphatic heterocycles. The second-order valence-electron chi connectivity index (χ2n) is 3.10. The van der Waals surface area contributed by atoms with Gasteiger partial charge in [0.2, 0.25) is 0 Å². The van der Waals surface area contributed by atoms with Gasteiger partial charge < -0.3 is 10.2 Å². The van der Waals surface area contributed by atoms with Gasteiger partial charge in [0.1, 0.15) is 6.10 Å². The normalized spacial score (nSPS) is 14.5. The quantitative estimate of drug-likeness (QED) is 0.506. The first-order chi connectivity index (χ1) is 7.49. The molecule has 5 nitrogen and oxygen atoms in total. The Labute approximate surface area is 105 Å². The maximum absolute atomic E-state index is 10.7. The van der Waals surface area contributed by atoms with Crippen LogP contribution in [-0.2, 0) is 0 Å². The number of hydrogen-bond acceptors (Lipinski definition) is 4. The minimum Gasteiger partial charge on any atom is -0.389 e. The lowest BCUT2D eigenvalue weighted by Gasteiger charge is -2.16. The van der Waals surface area contributed by atoms with Gasteiger partial charge in [0.05, 0.1) is 21.6 Å². The van der Waals surface area contributed by atoms with Crippen LogP contribution < -0.4 is 0 Å². The number of aliphatic hydroxyl groups is 2. The summed E-state index contributed by atoms with van der Waals surface area (Å²) in [5.74, 6) is 0. The Morgan fingerprint density at radius 3 is 2.62 bits per heavy atom. The fourth-order valence-corrected chi connectivity index (χ4v) is 1.89. The van der Waals surface area contributed by atoms with Gasteiger partial charge in [-0.2, -0.15) is 0 Å². The van der Waals surface area contributed by atoms with Crippen molar-refractivity contribution in [1.82, 2.24) is 0 Å². The number of hydrogen-bond donors (Lipinski definition) is 2. The van der Waals surface area contributed by atoms with Crippen molar-refractivity contribution in [3.05, 3.63) is 38.9 Å². The molecule has 1 aromatic carbocycles. The molecule has 0 spiro atoms. The number of halogens is 2. The van der Waals surface area contributed by atoms with Gasteiger partial charge in [0.15, 0.2) is 0 Å². The monoisotopic (exact) mass is 309 g/mol. The lowest BCUT2D eigenvalue weighted by Crippen LogP contribution is -2.20. The Balaban J connectivity index is 3.24. The van der Waals surface area contributed by atoms with Crippen LogP contribution in [0.15, 0.2) is 18.2 Å². The summed E-state index contributed by atoms with van der Waals surface area (Å²) in [6.07, 6.45) is -2.55. The Hall–Kier alpha value is -0.690. The molecule has 0 amide bonds. The van der Waals surface area contributed by atoms with Crippen LogP contribution in [0.25, 0.3) is 0 Å². The van der Waals surface area contributed by atoms with E-state index < -0.39 is 17.1 Å². The van der Waals surface area contributed by atoms with Crippen LogP contribution in [0.5, 0.6) is 0 Å². The second-order valence-corrected chi connectivity index (χ2v) is 4.15. The summed E-state index contributed by atoms with van der Waals surface area (Å²) in [5.41, 5.74) is -0.374. The highest BCUT2D eigenvalue weighted by Gasteiger charge is 2.28. The standard InChI is InChI=1S/C9H9BrClNO4/c10-4-7(13)9(14)8-5(11)2-1-3-6(8)12(15)16/h1-3,7,9,13-14H,4H2. The predicted octanol–water partition coefficient (Wildman–Crippen LogP) is 2.04. The van der Waals surface area contributed by atoms with Gasteiger partial charge in [-0.3, -0.25) is 10.1 Å². The van der Waals surface area contributed by atoms with Crippen molar-refractivity contribution < 1.29 is 15.1 Å². The van der Waals surface area contributed by atoms with Crippen LogP contribution in [0.2, 0.25) is 5.02 Å². The van der Waals surface area contributed by atoms with Gasteiger partial charge in [0, 0.05) is 11.4 Å². The van der Waals surface area contributed by atoms with Gasteiger partial charge >= 0.3 is 0 Å². The Morgan fingerprint density at radius 2 is 2.12 bits per heavy atom. The molecule has 0 radical (unpaired) electrons. The lowest BCUT2D eigenvalue weighted by atomic mass is 10.0. The third kappa shape index (κ3) is 2.70. The van der Waals surface area contributed by atoms with E-state index in [2.05, 4.69) is 15.9 Å². The van der Waals surface area contributed by atoms with Crippen LogP contribution in [0.1, 0.15) is 11.7 Å². The van der Waals surface area contributed by atoms with E-state index in [-0.39, 0.29) is 21.6 Å². The van der Waals surface area contributed by atoms with Crippen molar-refractivity contribution in [2.45, 2.75) is 12.2 Å². The van der Waals surface area contributed by atoms with E-state index in [0.717, 1.165) is 0 Å². The zero-order valence-electron chi connectivity index (χ0n) is 8.01. The summed E-state index contributed by atoms with van der Waals surface area (Å²) in [6.45, 7) is 0. The molecule has 1 aromatic rings. The molecule has 0 heterocycles. The zero-order valence-corrected chi connectivity index (χ0v) is 10.3. The van der Waals surface area contributed by atoms with Gasteiger partial charge in [0.25, 0.3) is 5.69 Å². The number of nitro groups is 1. The average Bonchev–Trinajstić information content (AvgIpc) is 2.26. The van der Waals surface area contributed by atoms with E-state index >= 15 is 0 Å². The number of aliphatic hydroxyl groups excluding tert-OH is 2. The molecule has 2 unspecified atom stereocenters. The second kappa shape index (κ2) is 5.58. The van der Waals surface area contributed by atoms with Crippen LogP contribution in [0.3, 0.4) is 0 Å². The number of benzene rings is 1. The Kier molecular flexibility index (Phi) is 4.67. The molecule has 0 aliphatic rings. The highest BCUT2D eigenvalue weighted by atomic mass is 79.9. The van der Waals surface area contributed by atoms with Crippen molar-refractivity contribution in [3.8, 4) is 0 Å². The average molecular weight is 311 g/mol. The van der Waals surface area contributed by atoms with Crippen molar-refractivity contribution in [2.24, 2.45) is 0 Å². The molecule has 2 N–H and O–H groups in total. The van der Waals surface area contributed by atoms with E-state index in [4.69, 9.17) is 11.6 Å². The summed E-state index contributed by atoms with van der Waals surface area (Å²) in [5, 5.41) is 30.0. The highest BCUT2D eigenvalue weighted by molar-refractivity contribution is 9.09. The summed E-state index contributed by atoms with van der Waals surface area (Å²) in [7, 11) is 0. The van der Waals surface area contributed by atoms with E-state index in [1.807, 2.05) is 0 Å². The molecule has 1 rings (SSSR count). The molecular formula is C9H9BrClNO4. The molecule has 0 aromatic heterocycles. The first kappa shape index (κ1) is 13.4. The first-order valence-corrected chi connectivity index (χ1v) is 5.84. The van der Waals surface area contributed by atoms with Crippen LogP contribution in [0, 0.1) is 10.1 Å². The Bertz CT molecular complexity index is 401. The number of alkyl halides is 1. The molecule has 0 fully saturated rings. The minimum absolute atomic E-state index is 0.0571. The van der Waals surface area contributed by atoms with Gasteiger partial charge in [-0.1, -0.05) is 33.6 Å². The zero-order chi connectivity index (χ0) is 12.3. The molecule has 0 aliphatic carbocycles. The Morgan fingerprint density at radius 1 is 1.50 bits per heavy atom.